The molecule has 0 spiro atoms. The first kappa shape index (κ1) is 15.5. The van der Waals surface area contributed by atoms with Crippen molar-refractivity contribution in [2.24, 2.45) is 0 Å². The van der Waals surface area contributed by atoms with Gasteiger partial charge in [0.05, 0.1) is 17.1 Å². The fourth-order valence-electron chi connectivity index (χ4n) is 1.83. The van der Waals surface area contributed by atoms with Gasteiger partial charge in [-0.25, -0.2) is 4.39 Å². The van der Waals surface area contributed by atoms with E-state index in [4.69, 9.17) is 9.47 Å². The lowest BCUT2D eigenvalue weighted by atomic mass is 10.1. The van der Waals surface area contributed by atoms with E-state index in [0.29, 0.717) is 21.5 Å². The van der Waals surface area contributed by atoms with Crippen LogP contribution in [0.2, 0.25) is 0 Å². The summed E-state index contributed by atoms with van der Waals surface area (Å²) >= 11 is 3.13. The van der Waals surface area contributed by atoms with E-state index in [1.165, 1.54) is 13.0 Å². The van der Waals surface area contributed by atoms with Gasteiger partial charge in [0, 0.05) is 6.07 Å². The van der Waals surface area contributed by atoms with Gasteiger partial charge in [-0.1, -0.05) is 6.07 Å². The smallest absolute Gasteiger partial charge is 0.163 e. The normalized spacial score (nSPS) is 10.3. The maximum Gasteiger partial charge on any atom is 0.163 e. The minimum Gasteiger partial charge on any atom is -0.497 e. The van der Waals surface area contributed by atoms with Gasteiger partial charge < -0.3 is 9.47 Å². The number of methoxy groups -OCH3 is 1. The molecule has 110 valence electrons. The quantitative estimate of drug-likeness (QED) is 0.749. The lowest BCUT2D eigenvalue weighted by molar-refractivity contribution is 0.101. The Balaban J connectivity index is 2.21. The van der Waals surface area contributed by atoms with E-state index in [-0.39, 0.29) is 18.2 Å². The number of benzene rings is 2. The van der Waals surface area contributed by atoms with E-state index in [2.05, 4.69) is 15.9 Å². The summed E-state index contributed by atoms with van der Waals surface area (Å²) in [5.41, 5.74) is 1.28. The van der Waals surface area contributed by atoms with Crippen LogP contribution in [0.4, 0.5) is 4.39 Å². The molecule has 0 unspecified atom stereocenters. The Labute approximate surface area is 130 Å². The predicted octanol–water partition coefficient (Wildman–Crippen LogP) is 4.38. The van der Waals surface area contributed by atoms with Gasteiger partial charge in [-0.3, -0.25) is 4.79 Å². The summed E-state index contributed by atoms with van der Waals surface area (Å²) in [6.45, 7) is 1.70. The second-order valence-corrected chi connectivity index (χ2v) is 5.31. The van der Waals surface area contributed by atoms with Crippen LogP contribution in [0.15, 0.2) is 40.9 Å². The highest BCUT2D eigenvalue weighted by Crippen LogP contribution is 2.26. The van der Waals surface area contributed by atoms with E-state index in [0.717, 1.165) is 5.56 Å². The van der Waals surface area contributed by atoms with E-state index >= 15 is 0 Å². The van der Waals surface area contributed by atoms with Gasteiger partial charge in [0.25, 0.3) is 0 Å². The van der Waals surface area contributed by atoms with E-state index in [1.807, 2.05) is 0 Å². The zero-order valence-corrected chi connectivity index (χ0v) is 13.2. The Bertz CT molecular complexity index is 671. The molecule has 5 heteroatoms. The van der Waals surface area contributed by atoms with E-state index < -0.39 is 0 Å². The third kappa shape index (κ3) is 3.82. The van der Waals surface area contributed by atoms with Crippen LogP contribution in [0.1, 0.15) is 22.8 Å². The zero-order chi connectivity index (χ0) is 15.4. The second kappa shape index (κ2) is 6.72. The van der Waals surface area contributed by atoms with Crippen LogP contribution in [-0.2, 0) is 6.61 Å². The van der Waals surface area contributed by atoms with Gasteiger partial charge in [0.1, 0.15) is 23.9 Å². The van der Waals surface area contributed by atoms with Gasteiger partial charge in [0.15, 0.2) is 5.78 Å². The highest BCUT2D eigenvalue weighted by atomic mass is 79.9. The minimum absolute atomic E-state index is 0.0899. The van der Waals surface area contributed by atoms with Crippen LogP contribution in [0.3, 0.4) is 0 Å². The van der Waals surface area contributed by atoms with E-state index in [1.54, 1.807) is 37.4 Å². The predicted molar refractivity (Wildman–Crippen MR) is 81.4 cm³/mol. The fraction of sp³-hybridized carbons (Fsp3) is 0.188. The largest absolute Gasteiger partial charge is 0.497 e. The molecule has 0 amide bonds. The van der Waals surface area contributed by atoms with Crippen molar-refractivity contribution in [3.8, 4) is 11.5 Å². The molecule has 2 aromatic rings. The highest BCUT2D eigenvalue weighted by Gasteiger charge is 2.10. The molecule has 0 aromatic heterocycles. The number of carbonyl (C=O) groups is 1. The number of carbonyl (C=O) groups excluding carboxylic acids is 1. The third-order valence-corrected chi connectivity index (χ3v) is 3.55. The molecule has 0 fully saturated rings. The summed E-state index contributed by atoms with van der Waals surface area (Å²) in [6, 6.07) is 9.67. The number of rotatable bonds is 5. The molecule has 2 aromatic carbocycles. The molecule has 0 saturated carbocycles. The van der Waals surface area contributed by atoms with Crippen molar-refractivity contribution < 1.29 is 18.7 Å². The summed E-state index contributed by atoms with van der Waals surface area (Å²) in [5.74, 6) is 0.634. The average molecular weight is 353 g/mol. The van der Waals surface area contributed by atoms with Gasteiger partial charge in [-0.05, 0) is 52.7 Å². The molecule has 0 N–H and O–H groups in total. The lowest BCUT2D eigenvalue weighted by Gasteiger charge is -2.12. The maximum absolute atomic E-state index is 13.2. The number of hydrogen-bond acceptors (Lipinski definition) is 3. The molecule has 0 atom stereocenters. The summed E-state index contributed by atoms with van der Waals surface area (Å²) < 4.78 is 24.4. The van der Waals surface area contributed by atoms with Crippen LogP contribution in [0.25, 0.3) is 0 Å². The number of halogens is 2. The van der Waals surface area contributed by atoms with Crippen LogP contribution in [0, 0.1) is 5.82 Å². The second-order valence-electron chi connectivity index (χ2n) is 4.46. The maximum atomic E-state index is 13.2. The Kier molecular flexibility index (Phi) is 4.96. The van der Waals surface area contributed by atoms with Crippen LogP contribution in [-0.4, -0.2) is 12.9 Å². The molecule has 3 nitrogen and oxygen atoms in total. The number of ether oxygens (including phenoxy) is 2. The van der Waals surface area contributed by atoms with Crippen LogP contribution < -0.4 is 9.47 Å². The standard InChI is InChI=1S/C16H14BrFO3/c1-10(19)13-5-4-12(20-2)8-16(13)21-9-11-3-6-15(18)14(17)7-11/h3-8H,9H2,1-2H3. The molecule has 0 bridgehead atoms. The summed E-state index contributed by atoms with van der Waals surface area (Å²) in [4.78, 5) is 11.6. The first-order valence-corrected chi connectivity index (χ1v) is 7.06. The summed E-state index contributed by atoms with van der Waals surface area (Å²) in [5, 5.41) is 0. The number of hydrogen-bond donors (Lipinski definition) is 0. The highest BCUT2D eigenvalue weighted by molar-refractivity contribution is 9.10. The minimum atomic E-state index is -0.329. The summed E-state index contributed by atoms with van der Waals surface area (Å²) in [6.07, 6.45) is 0. The zero-order valence-electron chi connectivity index (χ0n) is 11.7. The van der Waals surface area contributed by atoms with Gasteiger partial charge >= 0.3 is 0 Å². The van der Waals surface area contributed by atoms with Crippen molar-refractivity contribution in [1.29, 1.82) is 0 Å². The number of Topliss-reactive ketones (excluding diaryl/α,β-unsaturated/α-hetero) is 1. The van der Waals surface area contributed by atoms with Crippen molar-refractivity contribution in [2.45, 2.75) is 13.5 Å². The molecule has 0 saturated heterocycles. The van der Waals surface area contributed by atoms with Crippen LogP contribution >= 0.6 is 15.9 Å². The Morgan fingerprint density at radius 1 is 1.24 bits per heavy atom. The number of ketones is 1. The molecule has 0 radical (unpaired) electrons. The first-order chi connectivity index (χ1) is 10.0. The van der Waals surface area contributed by atoms with Crippen molar-refractivity contribution in [3.63, 3.8) is 0 Å². The van der Waals surface area contributed by atoms with Gasteiger partial charge in [-0.15, -0.1) is 0 Å². The van der Waals surface area contributed by atoms with Crippen molar-refractivity contribution in [3.05, 3.63) is 57.8 Å². The average Bonchev–Trinajstić information content (AvgIpc) is 2.48. The molecular formula is C16H14BrFO3. The molecule has 0 heterocycles. The first-order valence-electron chi connectivity index (χ1n) is 6.27. The summed E-state index contributed by atoms with van der Waals surface area (Å²) in [7, 11) is 1.55. The third-order valence-electron chi connectivity index (χ3n) is 2.95. The van der Waals surface area contributed by atoms with Crippen molar-refractivity contribution >= 4 is 21.7 Å². The molecule has 0 aliphatic carbocycles. The Hall–Kier alpha value is -1.88. The van der Waals surface area contributed by atoms with Crippen LogP contribution in [0.5, 0.6) is 11.5 Å². The van der Waals surface area contributed by atoms with Crippen molar-refractivity contribution in [1.82, 2.24) is 0 Å². The van der Waals surface area contributed by atoms with Crippen molar-refractivity contribution in [2.75, 3.05) is 7.11 Å². The Morgan fingerprint density at radius 3 is 2.62 bits per heavy atom. The SMILES string of the molecule is COc1ccc(C(C)=O)c(OCc2ccc(F)c(Br)c2)c1. The van der Waals surface area contributed by atoms with Gasteiger partial charge in [-0.2, -0.15) is 0 Å². The van der Waals surface area contributed by atoms with E-state index in [9.17, 15) is 9.18 Å². The molecule has 21 heavy (non-hydrogen) atoms. The topological polar surface area (TPSA) is 35.5 Å². The molecule has 2 rings (SSSR count). The molecule has 0 aliphatic heterocycles. The molecule has 0 aliphatic rings. The Morgan fingerprint density at radius 2 is 2.00 bits per heavy atom. The monoisotopic (exact) mass is 352 g/mol. The fourth-order valence-corrected chi connectivity index (χ4v) is 2.26. The van der Waals surface area contributed by atoms with Gasteiger partial charge in [0.2, 0.25) is 0 Å². The molecular weight excluding hydrogens is 339 g/mol. The lowest BCUT2D eigenvalue weighted by Crippen LogP contribution is -2.02.